The fourth-order valence-electron chi connectivity index (χ4n) is 2.96. The molecule has 0 N–H and O–H groups in total. The number of carbonyl (C=O) groups is 4. The van der Waals surface area contributed by atoms with Crippen LogP contribution in [0, 0.1) is 5.41 Å². The van der Waals surface area contributed by atoms with Gasteiger partial charge >= 0.3 is 13.4 Å². The van der Waals surface area contributed by atoms with Crippen LogP contribution in [-0.4, -0.2) is 36.2 Å². The van der Waals surface area contributed by atoms with E-state index in [1.165, 1.54) is 0 Å². The molecule has 2 rings (SSSR count). The van der Waals surface area contributed by atoms with Gasteiger partial charge in [0.2, 0.25) is 0 Å². The Kier molecular flexibility index (Phi) is 2.46. The Bertz CT molecular complexity index is 375. The largest absolute Gasteiger partial charge is 0.309 e. The molecule has 17 heavy (non-hydrogen) atoms. The molecule has 2 heterocycles. The SMILES string of the molecule is CC(C)B1C(=O)C2(C1=O)C(=O)B(C(C)C)C2=O. The first-order valence-corrected chi connectivity index (χ1v) is 5.95. The molecule has 2 aliphatic heterocycles. The second kappa shape index (κ2) is 3.40. The maximum absolute atomic E-state index is 11.9. The van der Waals surface area contributed by atoms with Crippen molar-refractivity contribution in [2.24, 2.45) is 5.41 Å². The van der Waals surface area contributed by atoms with Crippen molar-refractivity contribution in [3.8, 4) is 0 Å². The minimum absolute atomic E-state index is 0.140. The van der Waals surface area contributed by atoms with Crippen LogP contribution in [0.15, 0.2) is 0 Å². The van der Waals surface area contributed by atoms with Crippen molar-refractivity contribution < 1.29 is 19.2 Å². The van der Waals surface area contributed by atoms with Crippen molar-refractivity contribution >= 4 is 36.2 Å². The van der Waals surface area contributed by atoms with Crippen LogP contribution in [0.2, 0.25) is 11.6 Å². The maximum atomic E-state index is 11.9. The summed E-state index contributed by atoms with van der Waals surface area (Å²) < 4.78 is 0. The van der Waals surface area contributed by atoms with Gasteiger partial charge in [-0.3, -0.25) is 0 Å². The molecule has 0 aromatic carbocycles. The van der Waals surface area contributed by atoms with Gasteiger partial charge in [0.05, 0.1) is 0 Å². The van der Waals surface area contributed by atoms with Gasteiger partial charge in [-0.2, -0.15) is 0 Å². The molecular weight excluding hydrogens is 218 g/mol. The molecule has 0 radical (unpaired) electrons. The third kappa shape index (κ3) is 1.11. The summed E-state index contributed by atoms with van der Waals surface area (Å²) in [4.78, 5) is 47.8. The van der Waals surface area contributed by atoms with Crippen LogP contribution in [0.1, 0.15) is 27.7 Å². The van der Waals surface area contributed by atoms with Crippen molar-refractivity contribution in [3.05, 3.63) is 0 Å². The van der Waals surface area contributed by atoms with Gasteiger partial charge in [-0.25, -0.2) is 0 Å². The van der Waals surface area contributed by atoms with Crippen LogP contribution in [0.4, 0.5) is 0 Å². The molecule has 6 heteroatoms. The normalized spacial score (nSPS) is 22.7. The van der Waals surface area contributed by atoms with Crippen LogP contribution >= 0.6 is 0 Å². The first-order chi connectivity index (χ1) is 7.77. The molecule has 88 valence electrons. The van der Waals surface area contributed by atoms with E-state index in [4.69, 9.17) is 0 Å². The van der Waals surface area contributed by atoms with E-state index in [2.05, 4.69) is 0 Å². The average Bonchev–Trinajstić information content (AvgIpc) is 2.16. The minimum Gasteiger partial charge on any atom is -0.308 e. The molecule has 0 bridgehead atoms. The molecular formula is C11H14B2O4. The topological polar surface area (TPSA) is 68.3 Å². The predicted octanol–water partition coefficient (Wildman–Crippen LogP) is 0.243. The zero-order valence-electron chi connectivity index (χ0n) is 10.4. The van der Waals surface area contributed by atoms with E-state index in [-0.39, 0.29) is 11.6 Å². The highest BCUT2D eigenvalue weighted by molar-refractivity contribution is 7.36. The van der Waals surface area contributed by atoms with Gasteiger partial charge in [0.25, 0.3) is 0 Å². The van der Waals surface area contributed by atoms with E-state index in [1.807, 2.05) is 0 Å². The van der Waals surface area contributed by atoms with Crippen LogP contribution < -0.4 is 0 Å². The third-order valence-corrected chi connectivity index (χ3v) is 3.94. The molecule has 1 spiro atoms. The molecule has 0 aromatic rings. The van der Waals surface area contributed by atoms with Gasteiger partial charge in [-0.1, -0.05) is 39.3 Å². The standard InChI is InChI=1S/C11H14B2O4/c1-5(2)12-7(14)11(8(12)15)9(16)13(6(3)4)10(11)17/h5-6H,1-4H3. The summed E-state index contributed by atoms with van der Waals surface area (Å²) >= 11 is 0. The van der Waals surface area contributed by atoms with Crippen molar-refractivity contribution in [2.75, 3.05) is 0 Å². The highest BCUT2D eigenvalue weighted by Crippen LogP contribution is 2.48. The van der Waals surface area contributed by atoms with E-state index >= 15 is 0 Å². The monoisotopic (exact) mass is 232 g/mol. The average molecular weight is 232 g/mol. The number of carbonyl (C=O) groups excluding carboxylic acids is 4. The quantitative estimate of drug-likeness (QED) is 0.505. The highest BCUT2D eigenvalue weighted by Gasteiger charge is 2.81. The number of rotatable bonds is 2. The predicted molar refractivity (Wildman–Crippen MR) is 64.2 cm³/mol. The Morgan fingerprint density at radius 1 is 0.706 bits per heavy atom. The maximum Gasteiger partial charge on any atom is 0.309 e. The van der Waals surface area contributed by atoms with E-state index in [0.29, 0.717) is 0 Å². The van der Waals surface area contributed by atoms with E-state index in [9.17, 15) is 19.2 Å². The molecule has 0 atom stereocenters. The summed E-state index contributed by atoms with van der Waals surface area (Å²) in [7, 11) is 0. The molecule has 2 saturated heterocycles. The lowest BCUT2D eigenvalue weighted by molar-refractivity contribution is -0.151. The summed E-state index contributed by atoms with van der Waals surface area (Å²) in [5.41, 5.74) is -3.74. The Morgan fingerprint density at radius 2 is 0.941 bits per heavy atom. The van der Waals surface area contributed by atoms with E-state index in [0.717, 1.165) is 0 Å². The lowest BCUT2D eigenvalue weighted by Crippen LogP contribution is -2.84. The molecule has 0 aromatic heterocycles. The fourth-order valence-corrected chi connectivity index (χ4v) is 2.96. The fraction of sp³-hybridized carbons (Fsp3) is 0.636. The van der Waals surface area contributed by atoms with Crippen molar-refractivity contribution in [3.63, 3.8) is 0 Å². The summed E-state index contributed by atoms with van der Waals surface area (Å²) in [6, 6.07) is 0. The van der Waals surface area contributed by atoms with Crippen LogP contribution in [0.25, 0.3) is 0 Å². The van der Waals surface area contributed by atoms with Crippen LogP contribution in [0.5, 0.6) is 0 Å². The Labute approximate surface area is 101 Å². The van der Waals surface area contributed by atoms with Crippen molar-refractivity contribution in [2.45, 2.75) is 39.3 Å². The summed E-state index contributed by atoms with van der Waals surface area (Å²) in [5, 5.41) is 0. The lowest BCUT2D eigenvalue weighted by Gasteiger charge is -2.50. The summed E-state index contributed by atoms with van der Waals surface area (Å²) in [6.07, 6.45) is 0. The summed E-state index contributed by atoms with van der Waals surface area (Å²) in [6.45, 7) is 5.50. The van der Waals surface area contributed by atoms with Crippen LogP contribution in [0.3, 0.4) is 0 Å². The van der Waals surface area contributed by atoms with Gasteiger partial charge in [0.1, 0.15) is 22.7 Å². The number of hydrogen-bond donors (Lipinski definition) is 0. The number of hydrogen-bond acceptors (Lipinski definition) is 4. The second-order valence-corrected chi connectivity index (χ2v) is 5.65. The first-order valence-electron chi connectivity index (χ1n) is 5.95. The summed E-state index contributed by atoms with van der Waals surface area (Å²) in [5.74, 6) is -0.279. The van der Waals surface area contributed by atoms with Gasteiger partial charge < -0.3 is 19.2 Å². The van der Waals surface area contributed by atoms with E-state index in [1.54, 1.807) is 27.7 Å². The highest BCUT2D eigenvalue weighted by atomic mass is 16.2. The molecule has 4 nitrogen and oxygen atoms in total. The minimum atomic E-state index is -1.87. The van der Waals surface area contributed by atoms with Crippen LogP contribution in [-0.2, 0) is 19.2 Å². The van der Waals surface area contributed by atoms with Crippen molar-refractivity contribution in [1.29, 1.82) is 0 Å². The molecule has 2 fully saturated rings. The van der Waals surface area contributed by atoms with Gasteiger partial charge in [0.15, 0.2) is 5.41 Å². The second-order valence-electron chi connectivity index (χ2n) is 5.65. The van der Waals surface area contributed by atoms with Crippen molar-refractivity contribution in [1.82, 2.24) is 0 Å². The first kappa shape index (κ1) is 12.3. The molecule has 0 amide bonds. The molecule has 0 unspecified atom stereocenters. The Morgan fingerprint density at radius 3 is 1.12 bits per heavy atom. The third-order valence-electron chi connectivity index (χ3n) is 3.94. The lowest BCUT2D eigenvalue weighted by atomic mass is 9.06. The zero-order chi connectivity index (χ0) is 13.1. The molecule has 2 aliphatic rings. The van der Waals surface area contributed by atoms with Gasteiger partial charge in [-0.15, -0.1) is 0 Å². The smallest absolute Gasteiger partial charge is 0.308 e. The molecule has 0 aliphatic carbocycles. The van der Waals surface area contributed by atoms with E-state index < -0.39 is 41.6 Å². The Hall–Kier alpha value is -1.19. The zero-order valence-corrected chi connectivity index (χ0v) is 10.4. The Balaban J connectivity index is 2.32. The van der Waals surface area contributed by atoms with Gasteiger partial charge in [-0.05, 0) is 0 Å². The van der Waals surface area contributed by atoms with Gasteiger partial charge in [0, 0.05) is 0 Å². The molecule has 0 saturated carbocycles.